The first kappa shape index (κ1) is 11.1. The topological polar surface area (TPSA) is 9.23 Å². The zero-order valence-corrected chi connectivity index (χ0v) is 10.4. The van der Waals surface area contributed by atoms with Crippen LogP contribution in [-0.4, -0.2) is 8.32 Å². The van der Waals surface area contributed by atoms with Gasteiger partial charge in [-0.2, -0.15) is 0 Å². The molecule has 0 aliphatic rings. The minimum Gasteiger partial charge on any atom is -0.544 e. The lowest BCUT2D eigenvalue weighted by molar-refractivity contribution is 0.557. The third kappa shape index (κ3) is 3.03. The molecule has 0 saturated carbocycles. The average Bonchev–Trinajstić information content (AvgIpc) is 2.01. The first-order valence-corrected chi connectivity index (χ1v) is 8.25. The van der Waals surface area contributed by atoms with E-state index in [1.165, 1.54) is 11.1 Å². The van der Waals surface area contributed by atoms with Crippen molar-refractivity contribution in [1.29, 1.82) is 0 Å². The summed E-state index contributed by atoms with van der Waals surface area (Å²) in [5.41, 5.74) is 2.39. The van der Waals surface area contributed by atoms with Crippen LogP contribution in [0.2, 0.25) is 19.6 Å². The van der Waals surface area contributed by atoms with Gasteiger partial charge >= 0.3 is 0 Å². The Morgan fingerprint density at radius 1 is 1.29 bits per heavy atom. The maximum atomic E-state index is 5.89. The van der Waals surface area contributed by atoms with E-state index in [2.05, 4.69) is 45.3 Å². The van der Waals surface area contributed by atoms with Crippen LogP contribution in [0, 0.1) is 6.92 Å². The molecule has 14 heavy (non-hydrogen) atoms. The summed E-state index contributed by atoms with van der Waals surface area (Å²) >= 11 is 0. The van der Waals surface area contributed by atoms with E-state index in [4.69, 9.17) is 4.43 Å². The predicted molar refractivity (Wildman–Crippen MR) is 65.2 cm³/mol. The summed E-state index contributed by atoms with van der Waals surface area (Å²) in [7, 11) is -1.47. The molecule has 0 aliphatic heterocycles. The molecule has 76 valence electrons. The molecule has 0 fully saturated rings. The standard InChI is InChI=1S/C12H18OSi/c1-6-11-7-8-12(9-10(11)2)13-14(3,4)5/h6-9H,1H2,2-5H3. The van der Waals surface area contributed by atoms with Gasteiger partial charge in [0, 0.05) is 0 Å². The van der Waals surface area contributed by atoms with E-state index in [0.717, 1.165) is 5.75 Å². The highest BCUT2D eigenvalue weighted by molar-refractivity contribution is 6.70. The van der Waals surface area contributed by atoms with Gasteiger partial charge < -0.3 is 4.43 Å². The summed E-state index contributed by atoms with van der Waals surface area (Å²) in [4.78, 5) is 0. The molecule has 1 rings (SSSR count). The van der Waals surface area contributed by atoms with Gasteiger partial charge in [0.2, 0.25) is 8.32 Å². The van der Waals surface area contributed by atoms with Gasteiger partial charge in [-0.25, -0.2) is 0 Å². The van der Waals surface area contributed by atoms with E-state index in [0.29, 0.717) is 0 Å². The van der Waals surface area contributed by atoms with Gasteiger partial charge in [0.1, 0.15) is 5.75 Å². The molecule has 0 amide bonds. The second-order valence-electron chi connectivity index (χ2n) is 4.44. The summed E-state index contributed by atoms with van der Waals surface area (Å²) in [6, 6.07) is 6.15. The summed E-state index contributed by atoms with van der Waals surface area (Å²) in [5.74, 6) is 0.979. The molecule has 1 nitrogen and oxygen atoms in total. The molecule has 0 aliphatic carbocycles. The SMILES string of the molecule is C=Cc1ccc(O[Si](C)(C)C)cc1C. The molecule has 0 bridgehead atoms. The first-order chi connectivity index (χ1) is 6.42. The van der Waals surface area contributed by atoms with Crippen LogP contribution in [0.5, 0.6) is 5.75 Å². The fourth-order valence-electron chi connectivity index (χ4n) is 1.29. The lowest BCUT2D eigenvalue weighted by Crippen LogP contribution is -2.29. The van der Waals surface area contributed by atoms with Crippen molar-refractivity contribution in [2.24, 2.45) is 0 Å². The molecular formula is C12H18OSi. The van der Waals surface area contributed by atoms with Crippen LogP contribution in [0.3, 0.4) is 0 Å². The first-order valence-electron chi connectivity index (χ1n) is 4.84. The van der Waals surface area contributed by atoms with E-state index in [9.17, 15) is 0 Å². The zero-order chi connectivity index (χ0) is 10.8. The second kappa shape index (κ2) is 4.01. The number of hydrogen-bond acceptors (Lipinski definition) is 1. The van der Waals surface area contributed by atoms with E-state index in [1.54, 1.807) is 0 Å². The Bertz CT molecular complexity index is 337. The molecule has 0 saturated heterocycles. The molecule has 0 N–H and O–H groups in total. The lowest BCUT2D eigenvalue weighted by Gasteiger charge is -2.19. The van der Waals surface area contributed by atoms with Crippen molar-refractivity contribution >= 4 is 14.4 Å². The van der Waals surface area contributed by atoms with Gasteiger partial charge in [-0.3, -0.25) is 0 Å². The Labute approximate surface area is 87.5 Å². The average molecular weight is 206 g/mol. The largest absolute Gasteiger partial charge is 0.544 e. The van der Waals surface area contributed by atoms with E-state index in [-0.39, 0.29) is 0 Å². The number of hydrogen-bond donors (Lipinski definition) is 0. The third-order valence-electron chi connectivity index (χ3n) is 1.89. The highest BCUT2D eigenvalue weighted by Crippen LogP contribution is 2.20. The number of rotatable bonds is 3. The molecule has 0 spiro atoms. The Hall–Kier alpha value is -1.02. The van der Waals surface area contributed by atoms with E-state index >= 15 is 0 Å². The molecule has 2 heteroatoms. The summed E-state index contributed by atoms with van der Waals surface area (Å²) < 4.78 is 5.89. The lowest BCUT2D eigenvalue weighted by atomic mass is 10.1. The van der Waals surface area contributed by atoms with Crippen molar-refractivity contribution in [2.75, 3.05) is 0 Å². The van der Waals surface area contributed by atoms with Crippen LogP contribution in [0.25, 0.3) is 6.08 Å². The van der Waals surface area contributed by atoms with Crippen LogP contribution >= 0.6 is 0 Å². The Morgan fingerprint density at radius 3 is 2.36 bits per heavy atom. The molecule has 0 heterocycles. The van der Waals surface area contributed by atoms with Crippen molar-refractivity contribution in [1.82, 2.24) is 0 Å². The Kier molecular flexibility index (Phi) is 3.16. The van der Waals surface area contributed by atoms with E-state index in [1.807, 2.05) is 12.1 Å². The molecule has 0 atom stereocenters. The number of benzene rings is 1. The predicted octanol–water partition coefficient (Wildman–Crippen LogP) is 3.85. The van der Waals surface area contributed by atoms with Gasteiger partial charge in [-0.1, -0.05) is 18.7 Å². The third-order valence-corrected chi connectivity index (χ3v) is 2.73. The molecule has 1 aromatic rings. The summed E-state index contributed by atoms with van der Waals surface area (Å²) in [5, 5.41) is 0. The van der Waals surface area contributed by atoms with Crippen molar-refractivity contribution in [2.45, 2.75) is 26.6 Å². The van der Waals surface area contributed by atoms with Crippen LogP contribution in [0.1, 0.15) is 11.1 Å². The smallest absolute Gasteiger partial charge is 0.242 e. The van der Waals surface area contributed by atoms with Gasteiger partial charge in [0.05, 0.1) is 0 Å². The monoisotopic (exact) mass is 206 g/mol. The van der Waals surface area contributed by atoms with Crippen LogP contribution in [-0.2, 0) is 0 Å². The maximum absolute atomic E-state index is 5.89. The molecular weight excluding hydrogens is 188 g/mol. The number of aryl methyl sites for hydroxylation is 1. The highest BCUT2D eigenvalue weighted by atomic mass is 28.4. The zero-order valence-electron chi connectivity index (χ0n) is 9.42. The summed E-state index contributed by atoms with van der Waals surface area (Å²) in [6.07, 6.45) is 1.87. The van der Waals surface area contributed by atoms with Crippen molar-refractivity contribution in [3.05, 3.63) is 35.9 Å². The van der Waals surface area contributed by atoms with E-state index < -0.39 is 8.32 Å². The molecule has 0 aromatic heterocycles. The van der Waals surface area contributed by atoms with Crippen molar-refractivity contribution < 1.29 is 4.43 Å². The van der Waals surface area contributed by atoms with Crippen molar-refractivity contribution in [3.63, 3.8) is 0 Å². The van der Waals surface area contributed by atoms with Gasteiger partial charge in [-0.15, -0.1) is 0 Å². The minimum atomic E-state index is -1.47. The highest BCUT2D eigenvalue weighted by Gasteiger charge is 2.16. The quantitative estimate of drug-likeness (QED) is 0.683. The van der Waals surface area contributed by atoms with Crippen LogP contribution < -0.4 is 4.43 Å². The second-order valence-corrected chi connectivity index (χ2v) is 8.87. The summed E-state index contributed by atoms with van der Waals surface area (Å²) in [6.45, 7) is 12.4. The minimum absolute atomic E-state index is 0.979. The van der Waals surface area contributed by atoms with Gasteiger partial charge in [0.15, 0.2) is 0 Å². The molecule has 1 aromatic carbocycles. The van der Waals surface area contributed by atoms with Gasteiger partial charge in [-0.05, 0) is 49.8 Å². The fraction of sp³-hybridized carbons (Fsp3) is 0.333. The fourth-order valence-corrected chi connectivity index (χ4v) is 2.13. The van der Waals surface area contributed by atoms with Gasteiger partial charge in [0.25, 0.3) is 0 Å². The maximum Gasteiger partial charge on any atom is 0.242 e. The molecule has 0 unspecified atom stereocenters. The van der Waals surface area contributed by atoms with Crippen LogP contribution in [0.15, 0.2) is 24.8 Å². The molecule has 0 radical (unpaired) electrons. The van der Waals surface area contributed by atoms with Crippen molar-refractivity contribution in [3.8, 4) is 5.75 Å². The van der Waals surface area contributed by atoms with Crippen LogP contribution in [0.4, 0.5) is 0 Å². The normalized spacial score (nSPS) is 11.1. The Morgan fingerprint density at radius 2 is 1.93 bits per heavy atom. The Balaban J connectivity index is 2.92.